The minimum absolute atomic E-state index is 0.0373. The van der Waals surface area contributed by atoms with Crippen LogP contribution in [0.2, 0.25) is 5.02 Å². The smallest absolute Gasteiger partial charge is 0.307 e. The standard InChI is InChI=1S/C20H25ClN2O6/c1-5-27-19(24)10-16(12(2)3)22-20(25)17-9-14(29-23-17)11-28-18-7-6-13(26-4)8-15(18)21/h6-9,12,16H,5,10-11H2,1-4H3,(H,22,25)/t16-/m1/s1. The Hall–Kier alpha value is -2.74. The largest absolute Gasteiger partial charge is 0.497 e. The monoisotopic (exact) mass is 424 g/mol. The molecule has 158 valence electrons. The molecular formula is C20H25ClN2O6. The lowest BCUT2D eigenvalue weighted by molar-refractivity contribution is -0.143. The van der Waals surface area contributed by atoms with E-state index < -0.39 is 5.91 Å². The normalized spacial score (nSPS) is 11.8. The Bertz CT molecular complexity index is 836. The van der Waals surface area contributed by atoms with Crippen LogP contribution in [0.5, 0.6) is 11.5 Å². The van der Waals surface area contributed by atoms with Gasteiger partial charge in [-0.2, -0.15) is 0 Å². The van der Waals surface area contributed by atoms with Crippen LogP contribution in [0.3, 0.4) is 0 Å². The van der Waals surface area contributed by atoms with Gasteiger partial charge in [0.1, 0.15) is 18.1 Å². The van der Waals surface area contributed by atoms with Crippen LogP contribution in [-0.4, -0.2) is 36.8 Å². The van der Waals surface area contributed by atoms with Crippen molar-refractivity contribution in [3.8, 4) is 11.5 Å². The molecule has 1 atom stereocenters. The second kappa shape index (κ2) is 10.7. The predicted molar refractivity (Wildman–Crippen MR) is 106 cm³/mol. The first-order chi connectivity index (χ1) is 13.8. The molecule has 0 saturated carbocycles. The van der Waals surface area contributed by atoms with Crippen LogP contribution in [0.15, 0.2) is 28.8 Å². The zero-order valence-electron chi connectivity index (χ0n) is 16.9. The molecule has 0 aliphatic carbocycles. The van der Waals surface area contributed by atoms with Crippen LogP contribution in [-0.2, 0) is 16.1 Å². The van der Waals surface area contributed by atoms with Gasteiger partial charge in [0.25, 0.3) is 5.91 Å². The van der Waals surface area contributed by atoms with Crippen molar-refractivity contribution in [2.45, 2.75) is 39.8 Å². The molecule has 2 aromatic rings. The second-order valence-corrected chi connectivity index (χ2v) is 7.00. The number of ether oxygens (including phenoxy) is 3. The molecule has 0 aliphatic heterocycles. The van der Waals surface area contributed by atoms with Gasteiger partial charge in [0.15, 0.2) is 11.5 Å². The van der Waals surface area contributed by atoms with Gasteiger partial charge in [0, 0.05) is 18.2 Å². The number of hydrogen-bond acceptors (Lipinski definition) is 7. The summed E-state index contributed by atoms with van der Waals surface area (Å²) < 4.78 is 20.8. The summed E-state index contributed by atoms with van der Waals surface area (Å²) in [5.74, 6) is 0.652. The first-order valence-electron chi connectivity index (χ1n) is 9.22. The van der Waals surface area contributed by atoms with Gasteiger partial charge in [-0.15, -0.1) is 0 Å². The molecule has 0 aliphatic rings. The van der Waals surface area contributed by atoms with Gasteiger partial charge in [-0.3, -0.25) is 9.59 Å². The van der Waals surface area contributed by atoms with E-state index in [1.165, 1.54) is 6.07 Å². The molecule has 0 unspecified atom stereocenters. The molecule has 0 radical (unpaired) electrons. The summed E-state index contributed by atoms with van der Waals surface area (Å²) in [5.41, 5.74) is 0.0962. The van der Waals surface area contributed by atoms with E-state index in [1.54, 1.807) is 32.2 Å². The number of carbonyl (C=O) groups excluding carboxylic acids is 2. The highest BCUT2D eigenvalue weighted by Crippen LogP contribution is 2.29. The van der Waals surface area contributed by atoms with Crippen LogP contribution in [0.1, 0.15) is 43.4 Å². The molecule has 0 bridgehead atoms. The first-order valence-corrected chi connectivity index (χ1v) is 9.60. The Kier molecular flexibility index (Phi) is 8.33. The van der Waals surface area contributed by atoms with Gasteiger partial charge in [0.05, 0.1) is 25.2 Å². The number of carbonyl (C=O) groups is 2. The number of nitrogens with zero attached hydrogens (tertiary/aromatic N) is 1. The molecule has 2 rings (SSSR count). The van der Waals surface area contributed by atoms with E-state index in [9.17, 15) is 9.59 Å². The zero-order chi connectivity index (χ0) is 21.4. The van der Waals surface area contributed by atoms with Crippen molar-refractivity contribution < 1.29 is 28.3 Å². The highest BCUT2D eigenvalue weighted by molar-refractivity contribution is 6.32. The maximum Gasteiger partial charge on any atom is 0.307 e. The number of halogens is 1. The Morgan fingerprint density at radius 1 is 1.28 bits per heavy atom. The van der Waals surface area contributed by atoms with Crippen molar-refractivity contribution in [3.63, 3.8) is 0 Å². The minimum atomic E-state index is -0.439. The van der Waals surface area contributed by atoms with Crippen molar-refractivity contribution >= 4 is 23.5 Å². The third-order valence-electron chi connectivity index (χ3n) is 4.11. The summed E-state index contributed by atoms with van der Waals surface area (Å²) in [6, 6.07) is 6.13. The summed E-state index contributed by atoms with van der Waals surface area (Å²) >= 11 is 6.13. The fourth-order valence-corrected chi connectivity index (χ4v) is 2.68. The lowest BCUT2D eigenvalue weighted by Crippen LogP contribution is -2.40. The topological polar surface area (TPSA) is 99.9 Å². The van der Waals surface area contributed by atoms with E-state index in [4.69, 9.17) is 30.3 Å². The van der Waals surface area contributed by atoms with Gasteiger partial charge in [0.2, 0.25) is 0 Å². The van der Waals surface area contributed by atoms with Gasteiger partial charge < -0.3 is 24.1 Å². The highest BCUT2D eigenvalue weighted by Gasteiger charge is 2.23. The van der Waals surface area contributed by atoms with Crippen LogP contribution >= 0.6 is 11.6 Å². The molecule has 29 heavy (non-hydrogen) atoms. The molecule has 1 aromatic heterocycles. The molecule has 1 N–H and O–H groups in total. The number of amides is 1. The van der Waals surface area contributed by atoms with Crippen molar-refractivity contribution in [2.75, 3.05) is 13.7 Å². The highest BCUT2D eigenvalue weighted by atomic mass is 35.5. The molecule has 1 amide bonds. The third kappa shape index (κ3) is 6.67. The Morgan fingerprint density at radius 2 is 2.03 bits per heavy atom. The summed E-state index contributed by atoms with van der Waals surface area (Å²) in [6.45, 7) is 5.89. The zero-order valence-corrected chi connectivity index (χ0v) is 17.6. The van der Waals surface area contributed by atoms with Crippen molar-refractivity contribution in [3.05, 3.63) is 40.7 Å². The predicted octanol–water partition coefficient (Wildman–Crippen LogP) is 3.62. The maximum atomic E-state index is 12.4. The summed E-state index contributed by atoms with van der Waals surface area (Å²) in [4.78, 5) is 24.2. The van der Waals surface area contributed by atoms with E-state index in [0.717, 1.165) is 0 Å². The fraction of sp³-hybridized carbons (Fsp3) is 0.450. The van der Waals surface area contributed by atoms with Crippen LogP contribution < -0.4 is 14.8 Å². The second-order valence-electron chi connectivity index (χ2n) is 6.60. The number of benzene rings is 1. The van der Waals surface area contributed by atoms with Crippen LogP contribution in [0, 0.1) is 5.92 Å². The van der Waals surface area contributed by atoms with E-state index in [2.05, 4.69) is 10.5 Å². The molecule has 0 saturated heterocycles. The van der Waals surface area contributed by atoms with Crippen molar-refractivity contribution in [1.82, 2.24) is 10.5 Å². The molecule has 9 heteroatoms. The van der Waals surface area contributed by atoms with E-state index in [1.807, 2.05) is 13.8 Å². The van der Waals surface area contributed by atoms with Crippen LogP contribution in [0.4, 0.5) is 0 Å². The maximum absolute atomic E-state index is 12.4. The third-order valence-corrected chi connectivity index (χ3v) is 4.41. The molecule has 8 nitrogen and oxygen atoms in total. The SMILES string of the molecule is CCOC(=O)C[C@@H](NC(=O)c1cc(COc2ccc(OC)cc2Cl)on1)C(C)C. The van der Waals surface area contributed by atoms with Gasteiger partial charge in [-0.25, -0.2) is 0 Å². The molecule has 1 heterocycles. The number of methoxy groups -OCH3 is 1. The van der Waals surface area contributed by atoms with E-state index in [0.29, 0.717) is 28.9 Å². The summed E-state index contributed by atoms with van der Waals surface area (Å²) in [6.07, 6.45) is 0.0844. The fourth-order valence-electron chi connectivity index (χ4n) is 2.46. The Morgan fingerprint density at radius 3 is 2.66 bits per heavy atom. The van der Waals surface area contributed by atoms with Gasteiger partial charge in [-0.1, -0.05) is 30.6 Å². The minimum Gasteiger partial charge on any atom is -0.497 e. The van der Waals surface area contributed by atoms with Crippen LogP contribution in [0.25, 0.3) is 0 Å². The number of hydrogen-bond donors (Lipinski definition) is 1. The average Bonchev–Trinajstić information content (AvgIpc) is 3.15. The van der Waals surface area contributed by atoms with Gasteiger partial charge >= 0.3 is 5.97 Å². The first kappa shape index (κ1) is 22.5. The average molecular weight is 425 g/mol. The Labute approximate surface area is 174 Å². The molecule has 0 fully saturated rings. The summed E-state index contributed by atoms with van der Waals surface area (Å²) in [5, 5.41) is 6.95. The number of aromatic nitrogens is 1. The lowest BCUT2D eigenvalue weighted by Gasteiger charge is -2.20. The Balaban J connectivity index is 1.95. The van der Waals surface area contributed by atoms with Crippen molar-refractivity contribution in [2.24, 2.45) is 5.92 Å². The molecular weight excluding hydrogens is 400 g/mol. The lowest BCUT2D eigenvalue weighted by atomic mass is 10.0. The number of esters is 1. The number of nitrogens with one attached hydrogen (secondary N) is 1. The molecule has 1 aromatic carbocycles. The summed E-state index contributed by atoms with van der Waals surface area (Å²) in [7, 11) is 1.55. The van der Waals surface area contributed by atoms with Gasteiger partial charge in [-0.05, 0) is 25.0 Å². The van der Waals surface area contributed by atoms with Crippen molar-refractivity contribution in [1.29, 1.82) is 0 Å². The van der Waals surface area contributed by atoms with E-state index >= 15 is 0 Å². The molecule has 0 spiro atoms. The number of rotatable bonds is 10. The van der Waals surface area contributed by atoms with E-state index in [-0.39, 0.29) is 36.7 Å². The quantitative estimate of drug-likeness (QED) is 0.581.